The van der Waals surface area contributed by atoms with Gasteiger partial charge in [-0.3, -0.25) is 4.79 Å². The van der Waals surface area contributed by atoms with Gasteiger partial charge in [-0.15, -0.1) is 12.3 Å². The number of carbonyl (C=O) groups is 1. The zero-order valence-electron chi connectivity index (χ0n) is 8.94. The smallest absolute Gasteiger partial charge is 0.242 e. The van der Waals surface area contributed by atoms with E-state index in [-0.39, 0.29) is 12.5 Å². The van der Waals surface area contributed by atoms with Gasteiger partial charge in [0.25, 0.3) is 0 Å². The first-order valence-electron chi connectivity index (χ1n) is 4.71. The van der Waals surface area contributed by atoms with Gasteiger partial charge in [0, 0.05) is 12.5 Å². The van der Waals surface area contributed by atoms with E-state index in [1.54, 1.807) is 5.32 Å². The van der Waals surface area contributed by atoms with Gasteiger partial charge in [0.05, 0.1) is 6.04 Å². The molecule has 0 saturated carbocycles. The summed E-state index contributed by atoms with van der Waals surface area (Å²) in [5.74, 6) is -5.67. The van der Waals surface area contributed by atoms with Gasteiger partial charge in [0.15, 0.2) is 23.3 Å². The summed E-state index contributed by atoms with van der Waals surface area (Å²) in [5.41, 5.74) is 4.03. The number of amides is 1. The Kier molecular flexibility index (Phi) is 4.28. The van der Waals surface area contributed by atoms with Crippen molar-refractivity contribution in [1.29, 1.82) is 0 Å². The molecule has 0 fully saturated rings. The Labute approximate surface area is 100.0 Å². The molecule has 1 aromatic rings. The molecule has 7 heteroatoms. The molecule has 0 saturated heterocycles. The number of carbonyl (C=O) groups excluding carboxylic acids is 1. The van der Waals surface area contributed by atoms with E-state index in [9.17, 15) is 22.4 Å². The maximum Gasteiger partial charge on any atom is 0.242 e. The van der Waals surface area contributed by atoms with Crippen molar-refractivity contribution >= 4 is 11.6 Å². The van der Waals surface area contributed by atoms with Crippen molar-refractivity contribution in [2.24, 2.45) is 5.73 Å². The summed E-state index contributed by atoms with van der Waals surface area (Å²) in [4.78, 5) is 11.3. The Morgan fingerprint density at radius 1 is 1.33 bits per heavy atom. The van der Waals surface area contributed by atoms with Crippen LogP contribution in [0.4, 0.5) is 23.2 Å². The fourth-order valence-corrected chi connectivity index (χ4v) is 1.12. The lowest BCUT2D eigenvalue weighted by Crippen LogP contribution is -2.35. The highest BCUT2D eigenvalue weighted by molar-refractivity contribution is 5.95. The second-order valence-electron chi connectivity index (χ2n) is 3.35. The molecule has 1 unspecified atom stereocenters. The highest BCUT2D eigenvalue weighted by Crippen LogP contribution is 2.24. The van der Waals surface area contributed by atoms with Gasteiger partial charge in [-0.2, -0.15) is 0 Å². The first kappa shape index (κ1) is 14.0. The van der Waals surface area contributed by atoms with Crippen molar-refractivity contribution in [2.75, 3.05) is 5.32 Å². The molecule has 0 heterocycles. The third kappa shape index (κ3) is 2.78. The molecule has 18 heavy (non-hydrogen) atoms. The minimum atomic E-state index is -1.71. The molecule has 0 aliphatic rings. The van der Waals surface area contributed by atoms with Crippen LogP contribution in [0.25, 0.3) is 0 Å². The molecule has 96 valence electrons. The quantitative estimate of drug-likeness (QED) is 0.492. The van der Waals surface area contributed by atoms with Crippen LogP contribution in [0.5, 0.6) is 0 Å². The van der Waals surface area contributed by atoms with Crippen molar-refractivity contribution in [3.8, 4) is 12.3 Å². The molecular formula is C11H8F4N2O. The number of hydrogen-bond donors (Lipinski definition) is 2. The summed E-state index contributed by atoms with van der Waals surface area (Å²) in [6.45, 7) is 0. The Morgan fingerprint density at radius 3 is 2.28 bits per heavy atom. The van der Waals surface area contributed by atoms with E-state index < -0.39 is 40.9 Å². The van der Waals surface area contributed by atoms with Crippen LogP contribution >= 0.6 is 0 Å². The summed E-state index contributed by atoms with van der Waals surface area (Å²) in [5, 5.41) is 1.66. The van der Waals surface area contributed by atoms with E-state index in [0.29, 0.717) is 0 Å². The molecule has 1 rings (SSSR count). The third-order valence-electron chi connectivity index (χ3n) is 2.03. The Hall–Kier alpha value is -2.07. The molecule has 3 nitrogen and oxygen atoms in total. The highest BCUT2D eigenvalue weighted by Gasteiger charge is 2.22. The first-order valence-corrected chi connectivity index (χ1v) is 4.71. The number of nitrogens with one attached hydrogen (secondary N) is 1. The van der Waals surface area contributed by atoms with Crippen molar-refractivity contribution in [3.63, 3.8) is 0 Å². The topological polar surface area (TPSA) is 55.1 Å². The van der Waals surface area contributed by atoms with Gasteiger partial charge in [-0.1, -0.05) is 0 Å². The maximum absolute atomic E-state index is 13.2. The SMILES string of the molecule is C#CCC(N)C(=O)Nc1c(F)c(F)cc(F)c1F. The molecule has 1 aromatic carbocycles. The number of benzene rings is 1. The van der Waals surface area contributed by atoms with Gasteiger partial charge in [0.1, 0.15) is 5.69 Å². The van der Waals surface area contributed by atoms with E-state index in [2.05, 4.69) is 5.92 Å². The largest absolute Gasteiger partial charge is 0.320 e. The minimum absolute atomic E-state index is 0.0295. The molecule has 0 spiro atoms. The minimum Gasteiger partial charge on any atom is -0.320 e. The second kappa shape index (κ2) is 5.51. The third-order valence-corrected chi connectivity index (χ3v) is 2.03. The van der Waals surface area contributed by atoms with E-state index in [1.165, 1.54) is 0 Å². The summed E-state index contributed by atoms with van der Waals surface area (Å²) < 4.78 is 52.0. The number of terminal acetylenes is 1. The van der Waals surface area contributed by atoms with Crippen LogP contribution < -0.4 is 11.1 Å². The lowest BCUT2D eigenvalue weighted by molar-refractivity contribution is -0.117. The Morgan fingerprint density at radius 2 is 1.83 bits per heavy atom. The fraction of sp³-hybridized carbons (Fsp3) is 0.182. The molecule has 0 radical (unpaired) electrons. The van der Waals surface area contributed by atoms with Crippen molar-refractivity contribution < 1.29 is 22.4 Å². The second-order valence-corrected chi connectivity index (χ2v) is 3.35. The van der Waals surface area contributed by atoms with E-state index in [1.807, 2.05) is 0 Å². The number of hydrogen-bond acceptors (Lipinski definition) is 2. The first-order chi connectivity index (χ1) is 8.38. The van der Waals surface area contributed by atoms with Crippen LogP contribution in [0.15, 0.2) is 6.07 Å². The zero-order chi connectivity index (χ0) is 13.9. The number of rotatable bonds is 3. The average Bonchev–Trinajstić information content (AvgIpc) is 2.32. The van der Waals surface area contributed by atoms with Crippen molar-refractivity contribution in [3.05, 3.63) is 29.3 Å². The average molecular weight is 260 g/mol. The summed E-state index contributed by atoms with van der Waals surface area (Å²) >= 11 is 0. The number of nitrogens with two attached hydrogens (primary N) is 1. The van der Waals surface area contributed by atoms with Crippen LogP contribution in [0.1, 0.15) is 6.42 Å². The fourth-order valence-electron chi connectivity index (χ4n) is 1.12. The van der Waals surface area contributed by atoms with Crippen LogP contribution in [0.3, 0.4) is 0 Å². The van der Waals surface area contributed by atoms with Crippen LogP contribution in [-0.4, -0.2) is 11.9 Å². The molecule has 1 amide bonds. The molecule has 0 aromatic heterocycles. The Balaban J connectivity index is 3.05. The summed E-state index contributed by atoms with van der Waals surface area (Å²) in [6, 6.07) is -1.21. The molecule has 0 aliphatic carbocycles. The van der Waals surface area contributed by atoms with Gasteiger partial charge in [-0.25, -0.2) is 17.6 Å². The molecule has 0 bridgehead atoms. The normalized spacial score (nSPS) is 11.8. The lowest BCUT2D eigenvalue weighted by atomic mass is 10.2. The number of halogens is 4. The predicted molar refractivity (Wildman–Crippen MR) is 56.3 cm³/mol. The highest BCUT2D eigenvalue weighted by atomic mass is 19.2. The molecule has 3 N–H and O–H groups in total. The molecular weight excluding hydrogens is 252 g/mol. The summed E-state index contributed by atoms with van der Waals surface area (Å²) in [6.07, 6.45) is 4.70. The standard InChI is InChI=1S/C11H8F4N2O/c1-2-3-7(16)11(18)17-10-8(14)5(12)4-6(13)9(10)15/h1,4,7H,3,16H2,(H,17,18). The monoisotopic (exact) mass is 260 g/mol. The van der Waals surface area contributed by atoms with E-state index in [4.69, 9.17) is 12.2 Å². The maximum atomic E-state index is 13.2. The predicted octanol–water partition coefficient (Wildman–Crippen LogP) is 1.53. The summed E-state index contributed by atoms with van der Waals surface area (Å²) in [7, 11) is 0. The van der Waals surface area contributed by atoms with Gasteiger partial charge in [0.2, 0.25) is 5.91 Å². The van der Waals surface area contributed by atoms with Gasteiger partial charge < -0.3 is 11.1 Å². The van der Waals surface area contributed by atoms with Gasteiger partial charge in [-0.05, 0) is 0 Å². The molecule has 1 atom stereocenters. The van der Waals surface area contributed by atoms with Crippen molar-refractivity contribution in [2.45, 2.75) is 12.5 Å². The van der Waals surface area contributed by atoms with Crippen LogP contribution in [-0.2, 0) is 4.79 Å². The molecule has 0 aliphatic heterocycles. The lowest BCUT2D eigenvalue weighted by Gasteiger charge is -2.11. The zero-order valence-corrected chi connectivity index (χ0v) is 8.94. The van der Waals surface area contributed by atoms with Crippen LogP contribution in [0.2, 0.25) is 0 Å². The number of anilines is 1. The van der Waals surface area contributed by atoms with E-state index >= 15 is 0 Å². The van der Waals surface area contributed by atoms with Crippen LogP contribution in [0, 0.1) is 35.6 Å². The van der Waals surface area contributed by atoms with E-state index in [0.717, 1.165) is 0 Å². The Bertz CT molecular complexity index is 499. The van der Waals surface area contributed by atoms with Crippen molar-refractivity contribution in [1.82, 2.24) is 0 Å². The van der Waals surface area contributed by atoms with Gasteiger partial charge >= 0.3 is 0 Å².